The Kier molecular flexibility index (Phi) is 6.32. The molecule has 28 heavy (non-hydrogen) atoms. The van der Waals surface area contributed by atoms with Crippen LogP contribution < -0.4 is 15.4 Å². The Labute approximate surface area is 159 Å². The van der Waals surface area contributed by atoms with Crippen LogP contribution in [0.25, 0.3) is 0 Å². The molecule has 152 valence electrons. The zero-order valence-electron chi connectivity index (χ0n) is 15.8. The molecule has 3 N–H and O–H groups in total. The number of hydrogen-bond acceptors (Lipinski definition) is 4. The van der Waals surface area contributed by atoms with E-state index in [0.717, 1.165) is 0 Å². The third-order valence-electron chi connectivity index (χ3n) is 3.72. The summed E-state index contributed by atoms with van der Waals surface area (Å²) in [5, 5.41) is 5.33. The molecule has 7 nitrogen and oxygen atoms in total. The van der Waals surface area contributed by atoms with E-state index in [-0.39, 0.29) is 17.5 Å². The van der Waals surface area contributed by atoms with Crippen molar-refractivity contribution in [2.45, 2.75) is 39.9 Å². The van der Waals surface area contributed by atoms with E-state index in [0.29, 0.717) is 22.6 Å². The number of nitrogens with one attached hydrogen (secondary N) is 3. The lowest BCUT2D eigenvalue weighted by Gasteiger charge is -2.15. The second-order valence-corrected chi connectivity index (χ2v) is 6.40. The van der Waals surface area contributed by atoms with E-state index >= 15 is 0 Å². The van der Waals surface area contributed by atoms with Crippen LogP contribution in [0, 0.1) is 13.8 Å². The summed E-state index contributed by atoms with van der Waals surface area (Å²) < 4.78 is 41.6. The van der Waals surface area contributed by atoms with Crippen LogP contribution in [-0.4, -0.2) is 34.6 Å². The molecule has 2 aromatic heterocycles. The Balaban J connectivity index is 2.10. The number of ether oxygens (including phenoxy) is 1. The maximum absolute atomic E-state index is 12.4. The molecule has 2 rings (SSSR count). The van der Waals surface area contributed by atoms with Gasteiger partial charge in [0.15, 0.2) is 12.5 Å². The van der Waals surface area contributed by atoms with Crippen LogP contribution in [0.2, 0.25) is 0 Å². The molecule has 0 aliphatic rings. The van der Waals surface area contributed by atoms with E-state index in [2.05, 4.69) is 25.3 Å². The summed E-state index contributed by atoms with van der Waals surface area (Å²) in [5.41, 5.74) is 1.83. The first-order valence-corrected chi connectivity index (χ1v) is 8.41. The molecule has 0 saturated heterocycles. The summed E-state index contributed by atoms with van der Waals surface area (Å²) >= 11 is 0. The van der Waals surface area contributed by atoms with Crippen molar-refractivity contribution in [2.75, 3.05) is 11.9 Å². The van der Waals surface area contributed by atoms with E-state index in [4.69, 9.17) is 0 Å². The van der Waals surface area contributed by atoms with Gasteiger partial charge < -0.3 is 20.4 Å². The van der Waals surface area contributed by atoms with Crippen LogP contribution in [-0.2, 0) is 4.79 Å². The Hall–Kier alpha value is -3.04. The van der Waals surface area contributed by atoms with Gasteiger partial charge in [-0.05, 0) is 44.5 Å². The number of aryl methyl sites for hydroxylation is 2. The van der Waals surface area contributed by atoms with E-state index < -0.39 is 24.7 Å². The van der Waals surface area contributed by atoms with Crippen LogP contribution in [0.3, 0.4) is 0 Å². The molecule has 0 bridgehead atoms. The zero-order chi connectivity index (χ0) is 21.1. The maximum Gasteiger partial charge on any atom is 0.422 e. The molecule has 0 radical (unpaired) electrons. The van der Waals surface area contributed by atoms with Crippen molar-refractivity contribution in [3.05, 3.63) is 40.7 Å². The zero-order valence-corrected chi connectivity index (χ0v) is 15.8. The number of amides is 2. The van der Waals surface area contributed by atoms with Crippen LogP contribution in [0.4, 0.5) is 19.0 Å². The number of aromatic amines is 1. The molecule has 0 fully saturated rings. The number of carbonyl (C=O) groups excluding carboxylic acids is 2. The normalized spacial score (nSPS) is 12.4. The summed E-state index contributed by atoms with van der Waals surface area (Å²) in [6, 6.07) is 4.37. The van der Waals surface area contributed by atoms with E-state index in [1.54, 1.807) is 26.0 Å². The fourth-order valence-electron chi connectivity index (χ4n) is 2.51. The molecule has 2 amide bonds. The van der Waals surface area contributed by atoms with Crippen LogP contribution in [0.15, 0.2) is 18.2 Å². The Morgan fingerprint density at radius 3 is 2.54 bits per heavy atom. The molecular weight excluding hydrogens is 377 g/mol. The summed E-state index contributed by atoms with van der Waals surface area (Å²) in [7, 11) is 0. The molecule has 1 atom stereocenters. The van der Waals surface area contributed by atoms with Gasteiger partial charge in [-0.1, -0.05) is 0 Å². The highest BCUT2D eigenvalue weighted by Gasteiger charge is 2.29. The molecule has 2 aromatic rings. The topological polar surface area (TPSA) is 96.1 Å². The highest BCUT2D eigenvalue weighted by molar-refractivity contribution is 5.93. The molecule has 0 aromatic carbocycles. The van der Waals surface area contributed by atoms with Crippen molar-refractivity contribution in [3.63, 3.8) is 0 Å². The number of aromatic nitrogens is 2. The number of carbonyl (C=O) groups is 2. The monoisotopic (exact) mass is 398 g/mol. The van der Waals surface area contributed by atoms with Gasteiger partial charge in [0.05, 0.1) is 6.04 Å². The molecular formula is C18H21F3N4O3. The van der Waals surface area contributed by atoms with Gasteiger partial charge in [0.1, 0.15) is 11.5 Å². The van der Waals surface area contributed by atoms with Gasteiger partial charge >= 0.3 is 6.18 Å². The van der Waals surface area contributed by atoms with Crippen molar-refractivity contribution >= 4 is 17.6 Å². The van der Waals surface area contributed by atoms with E-state index in [9.17, 15) is 22.8 Å². The lowest BCUT2D eigenvalue weighted by Crippen LogP contribution is -2.27. The Bertz CT molecular complexity index is 877. The second kappa shape index (κ2) is 8.32. The fourth-order valence-corrected chi connectivity index (χ4v) is 2.51. The van der Waals surface area contributed by atoms with Gasteiger partial charge in [0.2, 0.25) is 5.91 Å². The standard InChI is InChI=1S/C18H21F3N4O3/c1-9-5-14(25-17(9)28-8-18(19,20)21)16(27)23-11(3)13-6-10(2)22-15(7-13)24-12(4)26/h5-7,11,25H,8H2,1-4H3,(H,23,27)(H,22,24,26). The van der Waals surface area contributed by atoms with E-state index in [1.165, 1.54) is 19.9 Å². The third kappa shape index (κ3) is 6.00. The fraction of sp³-hybridized carbons (Fsp3) is 0.389. The predicted octanol–water partition coefficient (Wildman–Crippen LogP) is 3.42. The summed E-state index contributed by atoms with van der Waals surface area (Å²) in [6.07, 6.45) is -4.47. The van der Waals surface area contributed by atoms with Crippen LogP contribution in [0.1, 0.15) is 47.2 Å². The second-order valence-electron chi connectivity index (χ2n) is 6.40. The first-order valence-electron chi connectivity index (χ1n) is 8.41. The Morgan fingerprint density at radius 1 is 1.25 bits per heavy atom. The first kappa shape index (κ1) is 21.3. The van der Waals surface area contributed by atoms with Crippen molar-refractivity contribution in [1.29, 1.82) is 0 Å². The quantitative estimate of drug-likeness (QED) is 0.695. The molecule has 10 heteroatoms. The highest BCUT2D eigenvalue weighted by atomic mass is 19.4. The summed E-state index contributed by atoms with van der Waals surface area (Å²) in [5.74, 6) is -0.521. The number of pyridine rings is 1. The maximum atomic E-state index is 12.4. The average molecular weight is 398 g/mol. The smallest absolute Gasteiger partial charge is 0.422 e. The average Bonchev–Trinajstić information content (AvgIpc) is 2.92. The number of nitrogens with zero attached hydrogens (tertiary/aromatic N) is 1. The minimum Gasteiger partial charge on any atom is -0.469 e. The number of halogens is 3. The number of H-pyrrole nitrogens is 1. The van der Waals surface area contributed by atoms with Gasteiger partial charge in [-0.2, -0.15) is 13.2 Å². The summed E-state index contributed by atoms with van der Waals surface area (Å²) in [4.78, 5) is 30.4. The minimum absolute atomic E-state index is 0.0781. The van der Waals surface area contributed by atoms with Gasteiger partial charge in [-0.25, -0.2) is 4.98 Å². The van der Waals surface area contributed by atoms with Crippen molar-refractivity contribution in [1.82, 2.24) is 15.3 Å². The summed E-state index contributed by atoms with van der Waals surface area (Å²) in [6.45, 7) is 4.94. The molecule has 1 unspecified atom stereocenters. The van der Waals surface area contributed by atoms with Gasteiger partial charge in [0, 0.05) is 18.2 Å². The number of anilines is 1. The van der Waals surface area contributed by atoms with Crippen LogP contribution >= 0.6 is 0 Å². The van der Waals surface area contributed by atoms with Crippen LogP contribution in [0.5, 0.6) is 5.88 Å². The van der Waals surface area contributed by atoms with Gasteiger partial charge in [-0.3, -0.25) is 9.59 Å². The highest BCUT2D eigenvalue weighted by Crippen LogP contribution is 2.23. The lowest BCUT2D eigenvalue weighted by molar-refractivity contribution is -0.154. The molecule has 2 heterocycles. The molecule has 0 saturated carbocycles. The van der Waals surface area contributed by atoms with Crippen molar-refractivity contribution in [3.8, 4) is 5.88 Å². The van der Waals surface area contributed by atoms with E-state index in [1.807, 2.05) is 0 Å². The lowest BCUT2D eigenvalue weighted by atomic mass is 10.1. The van der Waals surface area contributed by atoms with Gasteiger partial charge in [-0.15, -0.1) is 0 Å². The number of hydrogen-bond donors (Lipinski definition) is 3. The third-order valence-corrected chi connectivity index (χ3v) is 3.72. The van der Waals surface area contributed by atoms with Gasteiger partial charge in [0.25, 0.3) is 5.91 Å². The largest absolute Gasteiger partial charge is 0.469 e. The molecule has 0 spiro atoms. The van der Waals surface area contributed by atoms with Crippen molar-refractivity contribution < 1.29 is 27.5 Å². The number of alkyl halides is 3. The Morgan fingerprint density at radius 2 is 1.93 bits per heavy atom. The van der Waals surface area contributed by atoms with Crippen molar-refractivity contribution in [2.24, 2.45) is 0 Å². The molecule has 0 aliphatic heterocycles. The minimum atomic E-state index is -4.47. The molecule has 0 aliphatic carbocycles. The first-order chi connectivity index (χ1) is 12.9. The number of rotatable bonds is 6. The SMILES string of the molecule is CC(=O)Nc1cc(C(C)NC(=O)c2cc(C)c(OCC(F)(F)F)[nH]2)cc(C)n1. The predicted molar refractivity (Wildman–Crippen MR) is 96.2 cm³/mol.